The number of allylic oxidation sites excluding steroid dienone is 3. The largest absolute Gasteiger partial charge is 0.103 e. The van der Waals surface area contributed by atoms with Crippen LogP contribution in [0.1, 0.15) is 61.1 Å². The van der Waals surface area contributed by atoms with Crippen molar-refractivity contribution in [3.05, 3.63) is 24.8 Å². The number of rotatable bonds is 3. The second-order valence-electron chi connectivity index (χ2n) is 6.11. The highest BCUT2D eigenvalue weighted by Crippen LogP contribution is 2.41. The van der Waals surface area contributed by atoms with Crippen LogP contribution in [0.15, 0.2) is 24.8 Å². The monoisotopic (exact) mass is 236 g/mol. The van der Waals surface area contributed by atoms with E-state index >= 15 is 0 Å². The molecule has 0 aromatic heterocycles. The average Bonchev–Trinajstić information content (AvgIpc) is 2.40. The van der Waals surface area contributed by atoms with Crippen molar-refractivity contribution in [3.63, 3.8) is 0 Å². The van der Waals surface area contributed by atoms with Gasteiger partial charge in [0.2, 0.25) is 0 Å². The molecule has 0 heterocycles. The maximum absolute atomic E-state index is 3.94. The second kappa shape index (κ2) is 6.42. The van der Waals surface area contributed by atoms with Crippen LogP contribution in [-0.4, -0.2) is 0 Å². The van der Waals surface area contributed by atoms with E-state index in [-0.39, 0.29) is 2.85 Å². The van der Waals surface area contributed by atoms with E-state index in [0.717, 1.165) is 23.7 Å². The summed E-state index contributed by atoms with van der Waals surface area (Å²) < 4.78 is 0. The van der Waals surface area contributed by atoms with Gasteiger partial charge in [-0.1, -0.05) is 18.2 Å². The highest BCUT2D eigenvalue weighted by atomic mass is 14.3. The molecule has 0 nitrogen and oxygen atoms in total. The van der Waals surface area contributed by atoms with Gasteiger partial charge in [-0.25, -0.2) is 0 Å². The van der Waals surface area contributed by atoms with Crippen molar-refractivity contribution in [1.29, 1.82) is 0 Å². The van der Waals surface area contributed by atoms with Crippen LogP contribution in [0.4, 0.5) is 0 Å². The van der Waals surface area contributed by atoms with Crippen LogP contribution < -0.4 is 0 Å². The fourth-order valence-corrected chi connectivity index (χ4v) is 3.93. The molecule has 2 saturated carbocycles. The van der Waals surface area contributed by atoms with Gasteiger partial charge >= 0.3 is 0 Å². The summed E-state index contributed by atoms with van der Waals surface area (Å²) in [6.45, 7) is 6.10. The molecule has 0 unspecified atom stereocenters. The zero-order valence-corrected chi connectivity index (χ0v) is 11.4. The van der Waals surface area contributed by atoms with Gasteiger partial charge in [0, 0.05) is 2.85 Å². The summed E-state index contributed by atoms with van der Waals surface area (Å²) in [7, 11) is 0. The first-order valence-corrected chi connectivity index (χ1v) is 7.58. The molecule has 0 atom stereocenters. The molecule has 0 amide bonds. The summed E-state index contributed by atoms with van der Waals surface area (Å²) in [6, 6.07) is 0. The lowest BCUT2D eigenvalue weighted by Gasteiger charge is -2.36. The molecule has 0 aliphatic heterocycles. The Morgan fingerprint density at radius 1 is 0.824 bits per heavy atom. The van der Waals surface area contributed by atoms with Crippen LogP contribution in [0.3, 0.4) is 0 Å². The molecule has 2 aliphatic rings. The normalized spacial score (nSPS) is 39.4. The highest BCUT2D eigenvalue weighted by molar-refractivity contribution is 4.91. The van der Waals surface area contributed by atoms with Gasteiger partial charge in [-0.3, -0.25) is 0 Å². The summed E-state index contributed by atoms with van der Waals surface area (Å²) in [5, 5.41) is 0. The van der Waals surface area contributed by atoms with Crippen LogP contribution >= 0.6 is 0 Å². The Labute approximate surface area is 110 Å². The van der Waals surface area contributed by atoms with Gasteiger partial charge in [0.1, 0.15) is 0 Å². The summed E-state index contributed by atoms with van der Waals surface area (Å²) in [6.07, 6.45) is 18.4. The lowest BCUT2D eigenvalue weighted by atomic mass is 9.69. The van der Waals surface area contributed by atoms with Gasteiger partial charge in [0.15, 0.2) is 0 Å². The Balaban J connectivity index is 0.00000162. The molecule has 0 N–H and O–H groups in total. The minimum Gasteiger partial charge on any atom is -0.103 e. The lowest BCUT2D eigenvalue weighted by molar-refractivity contribution is 0.166. The fourth-order valence-electron chi connectivity index (χ4n) is 3.93. The quantitative estimate of drug-likeness (QED) is 0.539. The van der Waals surface area contributed by atoms with Crippen LogP contribution in [-0.2, 0) is 0 Å². The molecule has 0 aromatic carbocycles. The molecule has 2 fully saturated rings. The van der Waals surface area contributed by atoms with Crippen LogP contribution in [0, 0.1) is 23.7 Å². The van der Waals surface area contributed by atoms with Crippen LogP contribution in [0.2, 0.25) is 0 Å². The number of hydrogen-bond acceptors (Lipinski definition) is 0. The molecule has 0 bridgehead atoms. The Kier molecular flexibility index (Phi) is 4.88. The molecule has 0 heteroatoms. The first-order chi connectivity index (χ1) is 8.33. The maximum Gasteiger partial charge on any atom is 0 e. The van der Waals surface area contributed by atoms with Gasteiger partial charge in [-0.05, 0) is 82.0 Å². The summed E-state index contributed by atoms with van der Waals surface area (Å²) in [4.78, 5) is 0. The van der Waals surface area contributed by atoms with Crippen molar-refractivity contribution in [1.82, 2.24) is 0 Å². The van der Waals surface area contributed by atoms with Crippen LogP contribution in [0.5, 0.6) is 0 Å². The number of hydrogen-bond donors (Lipinski definition) is 0. The molecule has 17 heavy (non-hydrogen) atoms. The predicted molar refractivity (Wildman–Crippen MR) is 80.1 cm³/mol. The summed E-state index contributed by atoms with van der Waals surface area (Å²) >= 11 is 0. The van der Waals surface area contributed by atoms with Gasteiger partial charge in [0.05, 0.1) is 0 Å². The first kappa shape index (κ1) is 12.9. The highest BCUT2D eigenvalue weighted by Gasteiger charge is 2.29. The van der Waals surface area contributed by atoms with E-state index in [1.54, 1.807) is 0 Å². The molecule has 100 valence electrons. The van der Waals surface area contributed by atoms with Crippen molar-refractivity contribution in [2.24, 2.45) is 23.7 Å². The van der Waals surface area contributed by atoms with E-state index in [1.807, 2.05) is 0 Å². The molecular weight excluding hydrogens is 204 g/mol. The second-order valence-corrected chi connectivity index (χ2v) is 6.11. The third kappa shape index (κ3) is 3.47. The summed E-state index contributed by atoms with van der Waals surface area (Å²) in [5.41, 5.74) is 0. The minimum absolute atomic E-state index is 0. The lowest BCUT2D eigenvalue weighted by Crippen LogP contribution is -2.25. The molecule has 2 aliphatic carbocycles. The summed E-state index contributed by atoms with van der Waals surface area (Å²) in [5.74, 6) is 3.80. The van der Waals surface area contributed by atoms with E-state index in [1.165, 1.54) is 51.4 Å². The van der Waals surface area contributed by atoms with E-state index in [9.17, 15) is 0 Å². The average molecular weight is 236 g/mol. The first-order valence-electron chi connectivity index (χ1n) is 7.58. The predicted octanol–water partition coefficient (Wildman–Crippen LogP) is 5.85. The Morgan fingerprint density at radius 2 is 1.29 bits per heavy atom. The van der Waals surface area contributed by atoms with Gasteiger partial charge in [-0.2, -0.15) is 0 Å². The molecule has 0 radical (unpaired) electrons. The van der Waals surface area contributed by atoms with Gasteiger partial charge in [0.25, 0.3) is 0 Å². The van der Waals surface area contributed by atoms with E-state index in [0.29, 0.717) is 0 Å². The topological polar surface area (TPSA) is 0 Å². The van der Waals surface area contributed by atoms with Crippen molar-refractivity contribution in [2.75, 3.05) is 0 Å². The van der Waals surface area contributed by atoms with Crippen molar-refractivity contribution in [2.45, 2.75) is 58.3 Å². The molecule has 2 rings (SSSR count). The molecule has 0 saturated heterocycles. The Hall–Kier alpha value is -0.520. The third-order valence-electron chi connectivity index (χ3n) is 5.10. The van der Waals surface area contributed by atoms with Crippen molar-refractivity contribution >= 4 is 0 Å². The zero-order chi connectivity index (χ0) is 12.1. The molecular formula is C17H32. The van der Waals surface area contributed by atoms with E-state index in [4.69, 9.17) is 0 Å². The Bertz CT molecular complexity index is 256. The molecule has 0 spiro atoms. The van der Waals surface area contributed by atoms with Crippen molar-refractivity contribution < 1.29 is 2.85 Å². The van der Waals surface area contributed by atoms with Crippen molar-refractivity contribution in [3.8, 4) is 0 Å². The maximum atomic E-state index is 3.94. The minimum atomic E-state index is 0. The third-order valence-corrected chi connectivity index (χ3v) is 5.10. The van der Waals surface area contributed by atoms with E-state index in [2.05, 4.69) is 31.7 Å². The Morgan fingerprint density at radius 3 is 1.71 bits per heavy atom. The molecule has 0 aromatic rings. The fraction of sp³-hybridized carbons (Fsp3) is 0.765. The van der Waals surface area contributed by atoms with Gasteiger partial charge < -0.3 is 0 Å². The zero-order valence-electron chi connectivity index (χ0n) is 11.4. The standard InChI is InChI=1S/C17H28.2H2/c1-3-5-15-8-12-17(13-9-15)16-10-6-14(4-2)7-11-16;;/h3-5,14-17H,2,6-13H2,1H3;2*1H/b5-3+;;. The smallest absolute Gasteiger partial charge is 0 e. The SMILES string of the molecule is C=CC1CCC(C2CCC(/C=C/C)CC2)CC1.[HH].[HH]. The van der Waals surface area contributed by atoms with Crippen LogP contribution in [0.25, 0.3) is 0 Å². The van der Waals surface area contributed by atoms with E-state index < -0.39 is 0 Å². The van der Waals surface area contributed by atoms with Gasteiger partial charge in [-0.15, -0.1) is 6.58 Å².